The Labute approximate surface area is 226 Å². The highest BCUT2D eigenvalue weighted by molar-refractivity contribution is 6.17. The van der Waals surface area contributed by atoms with Gasteiger partial charge in [0.2, 0.25) is 11.7 Å². The number of ketones is 1. The van der Waals surface area contributed by atoms with Crippen LogP contribution in [-0.2, 0) is 11.8 Å². The Kier molecular flexibility index (Phi) is 6.74. The number of anilines is 1. The minimum absolute atomic E-state index is 0.0102. The first-order valence-corrected chi connectivity index (χ1v) is 13.5. The van der Waals surface area contributed by atoms with Crippen LogP contribution in [0, 0.1) is 5.92 Å². The molecule has 0 spiro atoms. The molecule has 0 aliphatic carbocycles. The summed E-state index contributed by atoms with van der Waals surface area (Å²) in [6, 6.07) is 6.79. The number of phenolic OH excluding ortho intramolecular Hbond substituents is 1. The fraction of sp³-hybridized carbons (Fsp3) is 0.414. The minimum atomic E-state index is -0.345. The fourth-order valence-electron chi connectivity index (χ4n) is 6.01. The van der Waals surface area contributed by atoms with Crippen molar-refractivity contribution in [2.75, 3.05) is 57.3 Å². The molecule has 3 aliphatic rings. The van der Waals surface area contributed by atoms with Gasteiger partial charge in [-0.3, -0.25) is 14.5 Å². The summed E-state index contributed by atoms with van der Waals surface area (Å²) < 4.78 is 7.75. The van der Waals surface area contributed by atoms with E-state index in [2.05, 4.69) is 14.8 Å². The normalized spacial score (nSPS) is 19.6. The van der Waals surface area contributed by atoms with E-state index in [1.54, 1.807) is 24.4 Å². The Morgan fingerprint density at radius 1 is 1.13 bits per heavy atom. The molecule has 2 N–H and O–H groups in total. The highest BCUT2D eigenvalue weighted by Crippen LogP contribution is 2.39. The van der Waals surface area contributed by atoms with Crippen molar-refractivity contribution in [3.8, 4) is 11.5 Å². The van der Waals surface area contributed by atoms with Crippen molar-refractivity contribution in [2.24, 2.45) is 13.0 Å². The van der Waals surface area contributed by atoms with Crippen LogP contribution in [-0.4, -0.2) is 93.7 Å². The van der Waals surface area contributed by atoms with E-state index in [0.717, 1.165) is 61.3 Å². The molecule has 2 fully saturated rings. The molecule has 1 amide bonds. The number of phenols is 1. The van der Waals surface area contributed by atoms with E-state index in [1.165, 1.54) is 6.07 Å². The number of β-amino-alcohol motifs (C(OH)–C–C–N with tert-alkyl or cyclic N) is 1. The summed E-state index contributed by atoms with van der Waals surface area (Å²) in [7, 11) is 1.92. The number of Topliss-reactive ketones (excluding diaryl/α,β-unsaturated/α-hetero) is 1. The molecule has 3 aliphatic heterocycles. The van der Waals surface area contributed by atoms with Crippen LogP contribution < -0.4 is 9.64 Å². The van der Waals surface area contributed by atoms with Gasteiger partial charge >= 0.3 is 0 Å². The topological polar surface area (TPSA) is 111 Å². The summed E-state index contributed by atoms with van der Waals surface area (Å²) in [5.74, 6) is 0.329. The van der Waals surface area contributed by atoms with Crippen molar-refractivity contribution in [3.05, 3.63) is 53.5 Å². The number of piperazine rings is 1. The number of allylic oxidation sites excluding steroid dienone is 1. The van der Waals surface area contributed by atoms with Crippen molar-refractivity contribution in [3.63, 3.8) is 0 Å². The molecule has 0 bridgehead atoms. The smallest absolute Gasteiger partial charge is 0.235 e. The predicted octanol–water partition coefficient (Wildman–Crippen LogP) is 2.25. The number of carbonyl (C=O) groups excluding carboxylic acids is 2. The number of hydrogen-bond acceptors (Lipinski definition) is 8. The molecule has 6 rings (SSSR count). The van der Waals surface area contributed by atoms with Crippen LogP contribution in [0.25, 0.3) is 17.1 Å². The molecular weight excluding hydrogens is 498 g/mol. The average Bonchev–Trinajstić information content (AvgIpc) is 3.45. The van der Waals surface area contributed by atoms with Crippen LogP contribution in [0.1, 0.15) is 28.8 Å². The van der Waals surface area contributed by atoms with Crippen LogP contribution in [0.2, 0.25) is 0 Å². The molecule has 0 radical (unpaired) electrons. The van der Waals surface area contributed by atoms with E-state index in [-0.39, 0.29) is 41.3 Å². The maximum Gasteiger partial charge on any atom is 0.235 e. The van der Waals surface area contributed by atoms with Gasteiger partial charge < -0.3 is 29.3 Å². The van der Waals surface area contributed by atoms with Crippen molar-refractivity contribution < 1.29 is 24.5 Å². The van der Waals surface area contributed by atoms with Crippen molar-refractivity contribution in [2.45, 2.75) is 12.8 Å². The molecule has 2 aromatic heterocycles. The molecule has 3 aromatic rings. The van der Waals surface area contributed by atoms with Gasteiger partial charge in [0.1, 0.15) is 22.7 Å². The SMILES string of the molecule is Cn1cc(C=C2Oc3cccc(O)c3C2=O)c2c(N3CCC(C(=O)N4CCN(CCO)CC4)CC3)ccnc21. The highest BCUT2D eigenvalue weighted by Gasteiger charge is 2.33. The van der Waals surface area contributed by atoms with Crippen molar-refractivity contribution in [1.29, 1.82) is 0 Å². The van der Waals surface area contributed by atoms with Crippen LogP contribution in [0.15, 0.2) is 42.4 Å². The second kappa shape index (κ2) is 10.3. The molecule has 10 heteroatoms. The summed E-state index contributed by atoms with van der Waals surface area (Å²) in [4.78, 5) is 37.3. The highest BCUT2D eigenvalue weighted by atomic mass is 16.5. The predicted molar refractivity (Wildman–Crippen MR) is 147 cm³/mol. The maximum absolute atomic E-state index is 13.2. The van der Waals surface area contributed by atoms with Gasteiger partial charge in [-0.25, -0.2) is 4.98 Å². The summed E-state index contributed by atoms with van der Waals surface area (Å²) >= 11 is 0. The van der Waals surface area contributed by atoms with E-state index in [4.69, 9.17) is 9.84 Å². The number of pyridine rings is 1. The van der Waals surface area contributed by atoms with Gasteiger partial charge in [-0.15, -0.1) is 0 Å². The lowest BCUT2D eigenvalue weighted by Gasteiger charge is -2.39. The number of aliphatic hydroxyl groups is 1. The monoisotopic (exact) mass is 531 g/mol. The fourth-order valence-corrected chi connectivity index (χ4v) is 6.01. The number of aromatic nitrogens is 2. The zero-order valence-electron chi connectivity index (χ0n) is 22.0. The number of aryl methyl sites for hydroxylation is 1. The van der Waals surface area contributed by atoms with Crippen LogP contribution in [0.3, 0.4) is 0 Å². The van der Waals surface area contributed by atoms with Crippen LogP contribution in [0.5, 0.6) is 11.5 Å². The zero-order valence-corrected chi connectivity index (χ0v) is 22.0. The maximum atomic E-state index is 13.2. The summed E-state index contributed by atoms with van der Waals surface area (Å²) in [6.45, 7) is 5.36. The Morgan fingerprint density at radius 2 is 1.90 bits per heavy atom. The van der Waals surface area contributed by atoms with E-state index in [0.29, 0.717) is 25.4 Å². The molecule has 0 atom stereocenters. The Bertz CT molecular complexity index is 1450. The number of aromatic hydroxyl groups is 1. The number of aliphatic hydroxyl groups excluding tert-OH is 1. The molecule has 204 valence electrons. The first-order valence-electron chi connectivity index (χ1n) is 13.5. The lowest BCUT2D eigenvalue weighted by atomic mass is 9.94. The Hall–Kier alpha value is -3.89. The number of piperidine rings is 1. The van der Waals surface area contributed by atoms with Gasteiger partial charge in [0.05, 0.1) is 6.61 Å². The number of amides is 1. The van der Waals surface area contributed by atoms with Crippen LogP contribution >= 0.6 is 0 Å². The standard InChI is InChI=1S/C29H33N5O5/c1-31-18-20(17-24-27(37)26-22(36)3-2-4-23(26)39-24)25-21(5-8-30-28(25)31)33-9-6-19(7-10-33)29(38)34-13-11-32(12-14-34)15-16-35/h2-5,8,17-19,35-36H,6-7,9-16H2,1H3. The lowest BCUT2D eigenvalue weighted by molar-refractivity contribution is -0.138. The second-order valence-electron chi connectivity index (χ2n) is 10.5. The molecular formula is C29H33N5O5. The molecule has 2 saturated heterocycles. The molecule has 0 unspecified atom stereocenters. The van der Waals surface area contributed by atoms with Gasteiger partial charge in [0, 0.05) is 87.8 Å². The molecule has 1 aromatic carbocycles. The number of rotatable bonds is 5. The molecule has 0 saturated carbocycles. The second-order valence-corrected chi connectivity index (χ2v) is 10.5. The van der Waals surface area contributed by atoms with Crippen molar-refractivity contribution >= 4 is 34.5 Å². The van der Waals surface area contributed by atoms with Crippen LogP contribution in [0.4, 0.5) is 5.69 Å². The Balaban J connectivity index is 1.20. The minimum Gasteiger partial charge on any atom is -0.507 e. The number of carbonyl (C=O) groups is 2. The average molecular weight is 532 g/mol. The van der Waals surface area contributed by atoms with Gasteiger partial charge in [0.15, 0.2) is 5.76 Å². The van der Waals surface area contributed by atoms with Gasteiger partial charge in [-0.05, 0) is 37.1 Å². The van der Waals surface area contributed by atoms with E-state index in [1.807, 2.05) is 28.8 Å². The summed E-state index contributed by atoms with van der Waals surface area (Å²) in [5.41, 5.74) is 2.81. The number of fused-ring (bicyclic) bond motifs is 2. The van der Waals surface area contributed by atoms with Crippen molar-refractivity contribution in [1.82, 2.24) is 19.4 Å². The summed E-state index contributed by atoms with van der Waals surface area (Å²) in [6.07, 6.45) is 7.00. The number of ether oxygens (including phenoxy) is 1. The third-order valence-corrected chi connectivity index (χ3v) is 8.11. The van der Waals surface area contributed by atoms with Gasteiger partial charge in [0.25, 0.3) is 0 Å². The lowest BCUT2D eigenvalue weighted by Crippen LogP contribution is -2.52. The molecule has 10 nitrogen and oxygen atoms in total. The third kappa shape index (κ3) is 4.63. The Morgan fingerprint density at radius 3 is 2.62 bits per heavy atom. The largest absolute Gasteiger partial charge is 0.507 e. The third-order valence-electron chi connectivity index (χ3n) is 8.11. The van der Waals surface area contributed by atoms with E-state index >= 15 is 0 Å². The number of nitrogens with zero attached hydrogens (tertiary/aromatic N) is 5. The van der Waals surface area contributed by atoms with E-state index < -0.39 is 0 Å². The van der Waals surface area contributed by atoms with E-state index in [9.17, 15) is 14.7 Å². The summed E-state index contributed by atoms with van der Waals surface area (Å²) in [5, 5.41) is 20.3. The first kappa shape index (κ1) is 25.4. The number of hydrogen-bond donors (Lipinski definition) is 2. The van der Waals surface area contributed by atoms with Gasteiger partial charge in [-0.1, -0.05) is 6.07 Å². The molecule has 5 heterocycles. The molecule has 39 heavy (non-hydrogen) atoms. The number of benzene rings is 1. The quantitative estimate of drug-likeness (QED) is 0.483. The zero-order chi connectivity index (χ0) is 27.1. The first-order chi connectivity index (χ1) is 18.9. The van der Waals surface area contributed by atoms with Gasteiger partial charge in [-0.2, -0.15) is 0 Å².